The molecule has 11 heteroatoms. The molecule has 0 aromatic heterocycles. The number of hydrogen-bond donors (Lipinski definition) is 3. The number of nitrogens with zero attached hydrogens (tertiary/aromatic N) is 4. The van der Waals surface area contributed by atoms with Crippen LogP contribution in [0.5, 0.6) is 11.5 Å². The summed E-state index contributed by atoms with van der Waals surface area (Å²) in [6.45, 7) is 3.86. The highest BCUT2D eigenvalue weighted by atomic mass is 16.6. The molecule has 160 valence electrons. The largest absolute Gasteiger partial charge is 0.504 e. The van der Waals surface area contributed by atoms with E-state index in [-0.39, 0.29) is 23.6 Å². The molecule has 1 aliphatic rings. The molecule has 0 bridgehead atoms. The minimum atomic E-state index is -0.889. The van der Waals surface area contributed by atoms with Gasteiger partial charge in [-0.05, 0) is 31.1 Å². The second-order valence-electron chi connectivity index (χ2n) is 6.64. The number of nitro benzene ring substituents is 1. The van der Waals surface area contributed by atoms with E-state index >= 15 is 0 Å². The third-order valence-corrected chi connectivity index (χ3v) is 4.65. The predicted molar refractivity (Wildman–Crippen MR) is 106 cm³/mol. The van der Waals surface area contributed by atoms with Crippen molar-refractivity contribution in [3.63, 3.8) is 0 Å². The van der Waals surface area contributed by atoms with Crippen LogP contribution in [0.25, 0.3) is 6.08 Å². The van der Waals surface area contributed by atoms with Crippen LogP contribution in [0.4, 0.5) is 5.69 Å². The van der Waals surface area contributed by atoms with Crippen molar-refractivity contribution in [3.8, 4) is 17.6 Å². The molecule has 3 N–H and O–H groups in total. The summed E-state index contributed by atoms with van der Waals surface area (Å²) in [4.78, 5) is 37.5. The first-order valence-electron chi connectivity index (χ1n) is 9.38. The van der Waals surface area contributed by atoms with Crippen LogP contribution in [0.1, 0.15) is 25.3 Å². The fraction of sp³-hybridized carbons (Fsp3) is 0.421. The summed E-state index contributed by atoms with van der Waals surface area (Å²) in [7, 11) is 0. The first kappa shape index (κ1) is 22.6. The van der Waals surface area contributed by atoms with E-state index in [2.05, 4.69) is 5.32 Å². The monoisotopic (exact) mass is 417 g/mol. The molecule has 0 spiro atoms. The molecule has 0 atom stereocenters. The average molecular weight is 417 g/mol. The maximum atomic E-state index is 12.7. The van der Waals surface area contributed by atoms with Crippen LogP contribution in [0, 0.1) is 21.4 Å². The number of likely N-dealkylation sites (tertiary alicyclic amines) is 1. The van der Waals surface area contributed by atoms with Crippen molar-refractivity contribution < 1.29 is 24.7 Å². The molecule has 1 aliphatic heterocycles. The fourth-order valence-corrected chi connectivity index (χ4v) is 3.03. The van der Waals surface area contributed by atoms with Crippen molar-refractivity contribution in [3.05, 3.63) is 33.4 Å². The third kappa shape index (κ3) is 5.45. The van der Waals surface area contributed by atoms with Crippen molar-refractivity contribution in [2.24, 2.45) is 0 Å². The van der Waals surface area contributed by atoms with Gasteiger partial charge in [-0.15, -0.1) is 0 Å². The van der Waals surface area contributed by atoms with E-state index in [0.717, 1.165) is 24.6 Å². The maximum absolute atomic E-state index is 12.7. The quantitative estimate of drug-likeness (QED) is 0.134. The number of amides is 2. The van der Waals surface area contributed by atoms with E-state index in [0.29, 0.717) is 32.7 Å². The summed E-state index contributed by atoms with van der Waals surface area (Å²) in [5.74, 6) is -2.10. The number of carbonyl (C=O) groups is 2. The first-order chi connectivity index (χ1) is 14.3. The molecule has 2 rings (SSSR count). The smallest absolute Gasteiger partial charge is 0.315 e. The molecule has 1 aromatic carbocycles. The van der Waals surface area contributed by atoms with Gasteiger partial charge < -0.3 is 20.0 Å². The normalized spacial score (nSPS) is 13.9. The lowest BCUT2D eigenvalue weighted by atomic mass is 10.1. The van der Waals surface area contributed by atoms with Crippen LogP contribution in [-0.4, -0.2) is 69.6 Å². The molecular formula is C19H23N5O6. The van der Waals surface area contributed by atoms with Crippen molar-refractivity contribution in [1.82, 2.24) is 15.1 Å². The highest BCUT2D eigenvalue weighted by molar-refractivity contribution is 6.01. The zero-order chi connectivity index (χ0) is 22.3. The number of nitro groups is 1. The Morgan fingerprint density at radius 1 is 1.47 bits per heavy atom. The SMILES string of the molecule is CCN(CCNCN1CCCC1=O)C(=O)/C(C#N)=C/c1cc(O)c(O)c([N+](=O)[O-])c1. The summed E-state index contributed by atoms with van der Waals surface area (Å²) < 4.78 is 0. The van der Waals surface area contributed by atoms with E-state index in [1.165, 1.54) is 4.90 Å². The summed E-state index contributed by atoms with van der Waals surface area (Å²) in [5, 5.41) is 42.7. The van der Waals surface area contributed by atoms with Gasteiger partial charge in [0.25, 0.3) is 5.91 Å². The van der Waals surface area contributed by atoms with Crippen molar-refractivity contribution in [2.75, 3.05) is 32.8 Å². The minimum absolute atomic E-state index is 0.0311. The van der Waals surface area contributed by atoms with E-state index in [4.69, 9.17) is 0 Å². The van der Waals surface area contributed by atoms with Crippen molar-refractivity contribution in [1.29, 1.82) is 5.26 Å². The summed E-state index contributed by atoms with van der Waals surface area (Å²) in [6, 6.07) is 3.76. The van der Waals surface area contributed by atoms with E-state index in [9.17, 15) is 35.2 Å². The van der Waals surface area contributed by atoms with E-state index < -0.39 is 28.0 Å². The van der Waals surface area contributed by atoms with Gasteiger partial charge in [0.05, 0.1) is 11.6 Å². The zero-order valence-corrected chi connectivity index (χ0v) is 16.5. The number of likely N-dealkylation sites (N-methyl/N-ethyl adjacent to an activating group) is 1. The van der Waals surface area contributed by atoms with Crippen LogP contribution in [-0.2, 0) is 9.59 Å². The summed E-state index contributed by atoms with van der Waals surface area (Å²) >= 11 is 0. The number of carbonyl (C=O) groups excluding carboxylic acids is 2. The van der Waals surface area contributed by atoms with Gasteiger partial charge in [-0.3, -0.25) is 25.0 Å². The lowest BCUT2D eigenvalue weighted by Crippen LogP contribution is -2.41. The Bertz CT molecular complexity index is 907. The van der Waals surface area contributed by atoms with Gasteiger partial charge in [-0.25, -0.2) is 0 Å². The number of rotatable bonds is 9. The fourth-order valence-electron chi connectivity index (χ4n) is 3.03. The number of phenols is 2. The number of benzene rings is 1. The topological polar surface area (TPSA) is 160 Å². The van der Waals surface area contributed by atoms with Crippen molar-refractivity contribution in [2.45, 2.75) is 19.8 Å². The summed E-state index contributed by atoms with van der Waals surface area (Å²) in [6.07, 6.45) is 2.50. The molecule has 0 saturated carbocycles. The lowest BCUT2D eigenvalue weighted by molar-refractivity contribution is -0.386. The molecule has 1 heterocycles. The molecular weight excluding hydrogens is 394 g/mol. The minimum Gasteiger partial charge on any atom is -0.504 e. The van der Waals surface area contributed by atoms with Gasteiger partial charge in [0.15, 0.2) is 5.75 Å². The van der Waals surface area contributed by atoms with Gasteiger partial charge in [0.2, 0.25) is 11.7 Å². The number of nitrogens with one attached hydrogen (secondary N) is 1. The van der Waals surface area contributed by atoms with Gasteiger partial charge in [-0.2, -0.15) is 5.26 Å². The maximum Gasteiger partial charge on any atom is 0.315 e. The van der Waals surface area contributed by atoms with Gasteiger partial charge in [-0.1, -0.05) is 0 Å². The Balaban J connectivity index is 2.06. The van der Waals surface area contributed by atoms with Crippen LogP contribution in [0.15, 0.2) is 17.7 Å². The molecule has 0 radical (unpaired) electrons. The van der Waals surface area contributed by atoms with Crippen molar-refractivity contribution >= 4 is 23.6 Å². The number of nitriles is 1. The molecule has 1 aromatic rings. The van der Waals surface area contributed by atoms with Crippen LogP contribution in [0.3, 0.4) is 0 Å². The highest BCUT2D eigenvalue weighted by Gasteiger charge is 2.22. The molecule has 1 fully saturated rings. The molecule has 0 unspecified atom stereocenters. The summed E-state index contributed by atoms with van der Waals surface area (Å²) in [5.41, 5.74) is -0.978. The van der Waals surface area contributed by atoms with Crippen LogP contribution in [0.2, 0.25) is 0 Å². The highest BCUT2D eigenvalue weighted by Crippen LogP contribution is 2.36. The molecule has 30 heavy (non-hydrogen) atoms. The second kappa shape index (κ2) is 10.2. The number of phenolic OH excluding ortho intramolecular Hbond substituents is 2. The molecule has 1 saturated heterocycles. The third-order valence-electron chi connectivity index (χ3n) is 4.65. The average Bonchev–Trinajstić information content (AvgIpc) is 3.12. The Labute approximate surface area is 173 Å². The predicted octanol–water partition coefficient (Wildman–Crippen LogP) is 0.931. The van der Waals surface area contributed by atoms with E-state index in [1.807, 2.05) is 0 Å². The van der Waals surface area contributed by atoms with Gasteiger partial charge >= 0.3 is 5.69 Å². The molecule has 0 aliphatic carbocycles. The Morgan fingerprint density at radius 2 is 2.20 bits per heavy atom. The van der Waals surface area contributed by atoms with Gasteiger partial charge in [0, 0.05) is 38.7 Å². The van der Waals surface area contributed by atoms with Crippen LogP contribution >= 0.6 is 0 Å². The zero-order valence-electron chi connectivity index (χ0n) is 16.5. The Kier molecular flexibility index (Phi) is 7.71. The second-order valence-corrected chi connectivity index (χ2v) is 6.64. The Morgan fingerprint density at radius 3 is 2.77 bits per heavy atom. The lowest BCUT2D eigenvalue weighted by Gasteiger charge is -2.22. The van der Waals surface area contributed by atoms with Crippen LogP contribution < -0.4 is 5.32 Å². The number of aromatic hydroxyl groups is 2. The molecule has 2 amide bonds. The standard InChI is InChI=1S/C19H23N5O6/c1-2-22(7-5-21-12-23-6-3-4-17(23)26)19(28)14(11-20)8-13-9-15(24(29)30)18(27)16(25)10-13/h8-10,21,25,27H,2-7,12H2,1H3/b14-8+. The van der Waals surface area contributed by atoms with Gasteiger partial charge in [0.1, 0.15) is 11.6 Å². The first-order valence-corrected chi connectivity index (χ1v) is 9.38. The number of hydrogen-bond acceptors (Lipinski definition) is 8. The molecule has 11 nitrogen and oxygen atoms in total. The van der Waals surface area contributed by atoms with E-state index in [1.54, 1.807) is 17.9 Å². The Hall–Kier alpha value is -3.65.